The Bertz CT molecular complexity index is 3550. The molecule has 0 unspecified atom stereocenters. The maximum Gasteiger partial charge on any atom is 0.160 e. The Balaban J connectivity index is 0.914. The molecular weight excluding hydrogens is 753 g/mol. The summed E-state index contributed by atoms with van der Waals surface area (Å²) in [5.74, 6) is 0.706. The van der Waals surface area contributed by atoms with Gasteiger partial charge in [-0.05, 0) is 89.0 Å². The average molecular weight is 791 g/mol. The normalized spacial score (nSPS) is 11.5. The Morgan fingerprint density at radius 2 is 0.661 bits per heavy atom. The first kappa shape index (κ1) is 35.6. The van der Waals surface area contributed by atoms with Gasteiger partial charge in [-0.25, -0.2) is 9.97 Å². The molecule has 0 radical (unpaired) electrons. The second-order valence-electron chi connectivity index (χ2n) is 15.8. The van der Waals surface area contributed by atoms with Crippen molar-refractivity contribution in [2.75, 3.05) is 0 Å². The fraction of sp³-hybridized carbons (Fsp3) is 0. The molecule has 0 spiro atoms. The molecule has 0 aliphatic rings. The van der Waals surface area contributed by atoms with E-state index in [9.17, 15) is 0 Å². The highest BCUT2D eigenvalue weighted by atomic mass is 15.0. The van der Waals surface area contributed by atoms with E-state index >= 15 is 0 Å². The Kier molecular flexibility index (Phi) is 8.46. The maximum atomic E-state index is 5.13. The van der Waals surface area contributed by atoms with Crippen LogP contribution in [-0.2, 0) is 0 Å². The third kappa shape index (κ3) is 6.08. The number of fused-ring (bicyclic) bond motifs is 6. The van der Waals surface area contributed by atoms with Crippen molar-refractivity contribution >= 4 is 43.6 Å². The first-order valence-electron chi connectivity index (χ1n) is 21.1. The van der Waals surface area contributed by atoms with Crippen LogP contribution in [0.1, 0.15) is 0 Å². The van der Waals surface area contributed by atoms with Crippen molar-refractivity contribution in [1.82, 2.24) is 19.1 Å². The minimum atomic E-state index is 0.706. The standard InChI is InChI=1S/C58H38N4/c1-4-15-41(16-5-1)52-38-53(60-58(59-52)42-17-6-2-7-18-42)45-19-14-22-47(35-45)62-55-26-13-11-24-49(55)51-37-44(32-34-57(51)62)40-29-27-39(28-30-40)43-31-33-56-50(36-43)48-23-10-12-25-54(48)61(56)46-20-8-3-9-21-46/h1-38H. The van der Waals surface area contributed by atoms with Crippen LogP contribution < -0.4 is 0 Å². The smallest absolute Gasteiger partial charge is 0.160 e. The van der Waals surface area contributed by atoms with Crippen LogP contribution in [0.3, 0.4) is 0 Å². The lowest BCUT2D eigenvalue weighted by Gasteiger charge is -2.12. The number of hydrogen-bond acceptors (Lipinski definition) is 2. The Morgan fingerprint density at radius 3 is 1.24 bits per heavy atom. The largest absolute Gasteiger partial charge is 0.309 e. The number of rotatable bonds is 7. The highest BCUT2D eigenvalue weighted by Crippen LogP contribution is 2.38. The van der Waals surface area contributed by atoms with Crippen molar-refractivity contribution in [3.05, 3.63) is 231 Å². The molecule has 0 saturated heterocycles. The van der Waals surface area contributed by atoms with E-state index in [1.54, 1.807) is 0 Å². The molecule has 62 heavy (non-hydrogen) atoms. The van der Waals surface area contributed by atoms with Gasteiger partial charge in [-0.2, -0.15) is 0 Å². The van der Waals surface area contributed by atoms with Crippen molar-refractivity contribution < 1.29 is 0 Å². The van der Waals surface area contributed by atoms with Gasteiger partial charge >= 0.3 is 0 Å². The van der Waals surface area contributed by atoms with Crippen LogP contribution in [-0.4, -0.2) is 19.1 Å². The Morgan fingerprint density at radius 1 is 0.242 bits per heavy atom. The topological polar surface area (TPSA) is 35.6 Å². The van der Waals surface area contributed by atoms with Gasteiger partial charge in [-0.3, -0.25) is 0 Å². The summed E-state index contributed by atoms with van der Waals surface area (Å²) in [6, 6.07) is 82.2. The first-order valence-corrected chi connectivity index (χ1v) is 21.1. The van der Waals surface area contributed by atoms with Gasteiger partial charge in [0.1, 0.15) is 0 Å². The van der Waals surface area contributed by atoms with Crippen LogP contribution in [0.4, 0.5) is 0 Å². The molecule has 0 bridgehead atoms. The fourth-order valence-corrected chi connectivity index (χ4v) is 9.17. The second kappa shape index (κ2) is 14.7. The minimum Gasteiger partial charge on any atom is -0.309 e. The van der Waals surface area contributed by atoms with Gasteiger partial charge in [0, 0.05) is 49.6 Å². The van der Waals surface area contributed by atoms with Gasteiger partial charge in [-0.1, -0.05) is 164 Å². The van der Waals surface area contributed by atoms with E-state index < -0.39 is 0 Å². The molecular formula is C58H38N4. The maximum absolute atomic E-state index is 5.13. The van der Waals surface area contributed by atoms with Crippen LogP contribution in [0, 0.1) is 0 Å². The predicted octanol–water partition coefficient (Wildman–Crippen LogP) is 15.0. The summed E-state index contributed by atoms with van der Waals surface area (Å²) in [4.78, 5) is 10.2. The Labute approximate surface area is 359 Å². The summed E-state index contributed by atoms with van der Waals surface area (Å²) in [5.41, 5.74) is 16.6. The van der Waals surface area contributed by atoms with Crippen LogP contribution in [0.2, 0.25) is 0 Å². The zero-order chi connectivity index (χ0) is 41.0. The van der Waals surface area contributed by atoms with Gasteiger partial charge in [0.15, 0.2) is 5.82 Å². The molecule has 4 heteroatoms. The van der Waals surface area contributed by atoms with Gasteiger partial charge in [-0.15, -0.1) is 0 Å². The van der Waals surface area contributed by atoms with Crippen LogP contribution in [0.25, 0.3) is 111 Å². The second-order valence-corrected chi connectivity index (χ2v) is 15.8. The van der Waals surface area contributed by atoms with Crippen molar-refractivity contribution in [1.29, 1.82) is 0 Å². The molecule has 0 atom stereocenters. The lowest BCUT2D eigenvalue weighted by Crippen LogP contribution is -1.97. The third-order valence-corrected chi connectivity index (χ3v) is 12.1. The predicted molar refractivity (Wildman–Crippen MR) is 258 cm³/mol. The summed E-state index contributed by atoms with van der Waals surface area (Å²) in [5, 5.41) is 4.94. The summed E-state index contributed by atoms with van der Waals surface area (Å²) in [6.07, 6.45) is 0. The summed E-state index contributed by atoms with van der Waals surface area (Å²) in [6.45, 7) is 0. The molecule has 4 nitrogen and oxygen atoms in total. The van der Waals surface area contributed by atoms with E-state index in [1.165, 1.54) is 60.5 Å². The van der Waals surface area contributed by atoms with Crippen LogP contribution >= 0.6 is 0 Å². The lowest BCUT2D eigenvalue weighted by atomic mass is 9.98. The van der Waals surface area contributed by atoms with E-state index in [0.717, 1.165) is 44.8 Å². The monoisotopic (exact) mass is 790 g/mol. The van der Waals surface area contributed by atoms with Gasteiger partial charge in [0.25, 0.3) is 0 Å². The van der Waals surface area contributed by atoms with Gasteiger partial charge < -0.3 is 9.13 Å². The van der Waals surface area contributed by atoms with Gasteiger partial charge in [0.2, 0.25) is 0 Å². The van der Waals surface area contributed by atoms with Crippen LogP contribution in [0.5, 0.6) is 0 Å². The molecule has 3 aromatic heterocycles. The lowest BCUT2D eigenvalue weighted by molar-refractivity contribution is 1.16. The van der Waals surface area contributed by atoms with Crippen molar-refractivity contribution in [2.45, 2.75) is 0 Å². The molecule has 0 aliphatic carbocycles. The molecule has 12 aromatic rings. The van der Waals surface area contributed by atoms with Crippen molar-refractivity contribution in [3.63, 3.8) is 0 Å². The molecule has 290 valence electrons. The number of para-hydroxylation sites is 3. The van der Waals surface area contributed by atoms with E-state index in [1.807, 2.05) is 24.3 Å². The molecule has 9 aromatic carbocycles. The van der Waals surface area contributed by atoms with Gasteiger partial charge in [0.05, 0.1) is 33.5 Å². The molecule has 0 saturated carbocycles. The summed E-state index contributed by atoms with van der Waals surface area (Å²) < 4.78 is 4.74. The summed E-state index contributed by atoms with van der Waals surface area (Å²) in [7, 11) is 0. The van der Waals surface area contributed by atoms with Crippen molar-refractivity contribution in [3.8, 4) is 67.5 Å². The zero-order valence-electron chi connectivity index (χ0n) is 33.7. The quantitative estimate of drug-likeness (QED) is 0.161. The highest BCUT2D eigenvalue weighted by Gasteiger charge is 2.17. The first-order chi connectivity index (χ1) is 30.7. The van der Waals surface area contributed by atoms with Crippen molar-refractivity contribution in [2.24, 2.45) is 0 Å². The van der Waals surface area contributed by atoms with E-state index in [-0.39, 0.29) is 0 Å². The highest BCUT2D eigenvalue weighted by molar-refractivity contribution is 6.11. The molecule has 0 amide bonds. The van der Waals surface area contributed by atoms with Crippen LogP contribution in [0.15, 0.2) is 231 Å². The van der Waals surface area contributed by atoms with E-state index in [2.05, 4.69) is 215 Å². The molecule has 0 N–H and O–H groups in total. The number of aromatic nitrogens is 4. The number of nitrogens with zero attached hydrogens (tertiary/aromatic N) is 4. The van der Waals surface area contributed by atoms with E-state index in [0.29, 0.717) is 5.82 Å². The molecule has 3 heterocycles. The molecule has 0 fully saturated rings. The zero-order valence-corrected chi connectivity index (χ0v) is 33.7. The molecule has 12 rings (SSSR count). The number of hydrogen-bond donors (Lipinski definition) is 0. The average Bonchev–Trinajstić information content (AvgIpc) is 3.87. The van der Waals surface area contributed by atoms with E-state index in [4.69, 9.17) is 9.97 Å². The molecule has 0 aliphatic heterocycles. The summed E-state index contributed by atoms with van der Waals surface area (Å²) >= 11 is 0. The number of benzene rings is 9. The Hall–Kier alpha value is -8.34. The minimum absolute atomic E-state index is 0.706. The third-order valence-electron chi connectivity index (χ3n) is 12.1. The fourth-order valence-electron chi connectivity index (χ4n) is 9.17. The SMILES string of the molecule is c1ccc(-c2cc(-c3cccc(-n4c5ccccc5c5cc(-c6ccc(-c7ccc8c(c7)c7ccccc7n8-c7ccccc7)cc6)ccc54)c3)nc(-c3ccccc3)n2)cc1.